The molecular formula is C14H14BrNO2. The van der Waals surface area contributed by atoms with E-state index < -0.39 is 0 Å². The van der Waals surface area contributed by atoms with Crippen LogP contribution in [0.5, 0.6) is 0 Å². The molecule has 4 heteroatoms. The van der Waals surface area contributed by atoms with Crippen molar-refractivity contribution < 1.29 is 9.53 Å². The highest BCUT2D eigenvalue weighted by molar-refractivity contribution is 9.10. The minimum Gasteiger partial charge on any atom is -0.406 e. The second kappa shape index (κ2) is 4.69. The number of nitrogens with zero attached hydrogens (tertiary/aromatic N) is 1. The van der Waals surface area contributed by atoms with E-state index in [2.05, 4.69) is 20.9 Å². The molecule has 0 radical (unpaired) electrons. The van der Waals surface area contributed by atoms with E-state index >= 15 is 0 Å². The second-order valence-electron chi connectivity index (χ2n) is 5.14. The predicted octanol–water partition coefficient (Wildman–Crippen LogP) is 3.79. The molecule has 0 spiro atoms. The maximum Gasteiger partial charge on any atom is 0.363 e. The van der Waals surface area contributed by atoms with Gasteiger partial charge in [-0.1, -0.05) is 48.8 Å². The van der Waals surface area contributed by atoms with E-state index in [1.54, 1.807) is 6.08 Å². The summed E-state index contributed by atoms with van der Waals surface area (Å²) in [4.78, 5) is 16.0. The molecule has 0 bridgehead atoms. The van der Waals surface area contributed by atoms with Crippen LogP contribution in [0.3, 0.4) is 0 Å². The third-order valence-corrected chi connectivity index (χ3v) is 2.91. The number of rotatable bonds is 1. The van der Waals surface area contributed by atoms with Crippen LogP contribution < -0.4 is 0 Å². The highest BCUT2D eigenvalue weighted by Crippen LogP contribution is 2.26. The Kier molecular flexibility index (Phi) is 3.39. The van der Waals surface area contributed by atoms with Crippen LogP contribution in [0.25, 0.3) is 6.08 Å². The molecule has 1 aliphatic rings. The van der Waals surface area contributed by atoms with E-state index in [-0.39, 0.29) is 11.4 Å². The maximum atomic E-state index is 11.7. The van der Waals surface area contributed by atoms with Crippen LogP contribution in [0.1, 0.15) is 26.3 Å². The number of carbonyl (C=O) groups is 1. The third kappa shape index (κ3) is 2.88. The highest BCUT2D eigenvalue weighted by atomic mass is 79.9. The van der Waals surface area contributed by atoms with Gasteiger partial charge in [0.1, 0.15) is 0 Å². The van der Waals surface area contributed by atoms with Crippen molar-refractivity contribution in [3.8, 4) is 0 Å². The van der Waals surface area contributed by atoms with E-state index in [4.69, 9.17) is 4.74 Å². The quantitative estimate of drug-likeness (QED) is 0.585. The number of cyclic esters (lactones) is 1. The van der Waals surface area contributed by atoms with E-state index in [1.165, 1.54) is 0 Å². The first-order valence-electron chi connectivity index (χ1n) is 5.65. The van der Waals surface area contributed by atoms with Gasteiger partial charge in [-0.2, -0.15) is 0 Å². The van der Waals surface area contributed by atoms with Crippen molar-refractivity contribution in [3.05, 3.63) is 40.0 Å². The van der Waals surface area contributed by atoms with Gasteiger partial charge in [-0.25, -0.2) is 9.79 Å². The summed E-state index contributed by atoms with van der Waals surface area (Å²) in [5.74, 6) is 0.0775. The Balaban J connectivity index is 2.34. The summed E-state index contributed by atoms with van der Waals surface area (Å²) in [6, 6.07) is 7.67. The Hall–Kier alpha value is -1.42. The molecule has 0 saturated heterocycles. The Morgan fingerprint density at radius 3 is 2.61 bits per heavy atom. The lowest BCUT2D eigenvalue weighted by Gasteiger charge is -2.15. The number of benzene rings is 1. The molecule has 1 heterocycles. The number of hydrogen-bond acceptors (Lipinski definition) is 3. The van der Waals surface area contributed by atoms with Gasteiger partial charge in [0.15, 0.2) is 5.70 Å². The molecule has 2 rings (SSSR count). The smallest absolute Gasteiger partial charge is 0.363 e. The van der Waals surface area contributed by atoms with Crippen LogP contribution in [0.2, 0.25) is 0 Å². The first-order valence-corrected chi connectivity index (χ1v) is 6.44. The fraction of sp³-hybridized carbons (Fsp3) is 0.286. The van der Waals surface area contributed by atoms with Crippen LogP contribution in [0.15, 0.2) is 39.4 Å². The van der Waals surface area contributed by atoms with Gasteiger partial charge in [0.25, 0.3) is 0 Å². The Morgan fingerprint density at radius 2 is 2.06 bits per heavy atom. The number of esters is 1. The number of aliphatic imine (C=N–C) groups is 1. The van der Waals surface area contributed by atoms with Crippen LogP contribution in [-0.2, 0) is 9.53 Å². The van der Waals surface area contributed by atoms with Crippen LogP contribution >= 0.6 is 15.9 Å². The van der Waals surface area contributed by atoms with Crippen molar-refractivity contribution in [1.82, 2.24) is 0 Å². The molecule has 0 aromatic heterocycles. The van der Waals surface area contributed by atoms with Gasteiger partial charge >= 0.3 is 5.97 Å². The van der Waals surface area contributed by atoms with Crippen molar-refractivity contribution in [2.24, 2.45) is 10.4 Å². The van der Waals surface area contributed by atoms with Gasteiger partial charge in [0.05, 0.1) is 0 Å². The summed E-state index contributed by atoms with van der Waals surface area (Å²) >= 11 is 3.39. The molecule has 1 aliphatic heterocycles. The van der Waals surface area contributed by atoms with Crippen molar-refractivity contribution in [1.29, 1.82) is 0 Å². The van der Waals surface area contributed by atoms with Gasteiger partial charge in [-0.3, -0.25) is 0 Å². The lowest BCUT2D eigenvalue weighted by atomic mass is 9.97. The van der Waals surface area contributed by atoms with Gasteiger partial charge in [0, 0.05) is 9.89 Å². The average Bonchev–Trinajstić information content (AvgIpc) is 2.60. The molecule has 0 aliphatic carbocycles. The van der Waals surface area contributed by atoms with E-state index in [1.807, 2.05) is 45.0 Å². The van der Waals surface area contributed by atoms with Crippen LogP contribution in [0.4, 0.5) is 0 Å². The van der Waals surface area contributed by atoms with E-state index in [0.717, 1.165) is 10.0 Å². The number of ether oxygens (including phenoxy) is 1. The number of carbonyl (C=O) groups excluding carboxylic acids is 1. The molecule has 0 N–H and O–H groups in total. The van der Waals surface area contributed by atoms with Crippen molar-refractivity contribution >= 4 is 33.9 Å². The fourth-order valence-corrected chi connectivity index (χ4v) is 1.90. The maximum absolute atomic E-state index is 11.7. The van der Waals surface area contributed by atoms with Gasteiger partial charge in [-0.05, 0) is 23.8 Å². The summed E-state index contributed by atoms with van der Waals surface area (Å²) in [7, 11) is 0. The predicted molar refractivity (Wildman–Crippen MR) is 75.1 cm³/mol. The average molecular weight is 308 g/mol. The van der Waals surface area contributed by atoms with Gasteiger partial charge in [0.2, 0.25) is 5.90 Å². The standard InChI is InChI=1S/C14H14BrNO2/c1-14(2,3)13-16-11(12(17)18-13)8-9-5-4-6-10(15)7-9/h4-8H,1-3H3/b11-8+. The summed E-state index contributed by atoms with van der Waals surface area (Å²) < 4.78 is 6.13. The zero-order valence-corrected chi connectivity index (χ0v) is 12.1. The normalized spacial score (nSPS) is 17.9. The molecule has 18 heavy (non-hydrogen) atoms. The van der Waals surface area contributed by atoms with Crippen molar-refractivity contribution in [2.75, 3.05) is 0 Å². The Morgan fingerprint density at radius 1 is 1.33 bits per heavy atom. The summed E-state index contributed by atoms with van der Waals surface area (Å²) in [5.41, 5.74) is 0.996. The first kappa shape index (κ1) is 13.0. The summed E-state index contributed by atoms with van der Waals surface area (Å²) in [6.07, 6.45) is 1.73. The minimum absolute atomic E-state index is 0.261. The van der Waals surface area contributed by atoms with E-state index in [0.29, 0.717) is 11.6 Å². The molecule has 0 saturated carbocycles. The molecule has 3 nitrogen and oxygen atoms in total. The zero-order chi connectivity index (χ0) is 13.3. The largest absolute Gasteiger partial charge is 0.406 e. The summed E-state index contributed by atoms with van der Waals surface area (Å²) in [6.45, 7) is 5.88. The van der Waals surface area contributed by atoms with Crippen molar-refractivity contribution in [3.63, 3.8) is 0 Å². The zero-order valence-electron chi connectivity index (χ0n) is 10.5. The third-order valence-electron chi connectivity index (χ3n) is 2.41. The second-order valence-corrected chi connectivity index (χ2v) is 6.06. The summed E-state index contributed by atoms with van der Waals surface area (Å²) in [5, 5.41) is 0. The lowest BCUT2D eigenvalue weighted by Crippen LogP contribution is -2.21. The van der Waals surface area contributed by atoms with E-state index in [9.17, 15) is 4.79 Å². The molecule has 0 unspecified atom stereocenters. The molecule has 1 aromatic rings. The Labute approximate surface area is 115 Å². The topological polar surface area (TPSA) is 38.7 Å². The number of hydrogen-bond donors (Lipinski definition) is 0. The Bertz CT molecular complexity index is 553. The lowest BCUT2D eigenvalue weighted by molar-refractivity contribution is -0.130. The fourth-order valence-electron chi connectivity index (χ4n) is 1.48. The molecule has 0 atom stereocenters. The SMILES string of the molecule is CC(C)(C)C1=N/C(=C/c2cccc(Br)c2)C(=O)O1. The minimum atomic E-state index is -0.389. The molecule has 0 fully saturated rings. The molecule has 1 aromatic carbocycles. The van der Waals surface area contributed by atoms with Crippen LogP contribution in [0, 0.1) is 5.41 Å². The monoisotopic (exact) mass is 307 g/mol. The molecule has 94 valence electrons. The highest BCUT2D eigenvalue weighted by Gasteiger charge is 2.31. The van der Waals surface area contributed by atoms with Crippen molar-refractivity contribution in [2.45, 2.75) is 20.8 Å². The molecule has 0 amide bonds. The van der Waals surface area contributed by atoms with Gasteiger partial charge < -0.3 is 4.74 Å². The van der Waals surface area contributed by atoms with Crippen LogP contribution in [-0.4, -0.2) is 11.9 Å². The number of halogens is 1. The molecular weight excluding hydrogens is 294 g/mol. The van der Waals surface area contributed by atoms with Gasteiger partial charge in [-0.15, -0.1) is 0 Å². The first-order chi connectivity index (χ1) is 8.36.